The van der Waals surface area contributed by atoms with Gasteiger partial charge in [-0.15, -0.1) is 5.10 Å². The Bertz CT molecular complexity index is 915. The van der Waals surface area contributed by atoms with Crippen molar-refractivity contribution in [1.82, 2.24) is 40.2 Å². The molecule has 0 unspecified atom stereocenters. The molecule has 3 heterocycles. The third-order valence-electron chi connectivity index (χ3n) is 4.50. The van der Waals surface area contributed by atoms with Gasteiger partial charge in [-0.3, -0.25) is 9.89 Å². The number of H-pyrrole nitrogens is 1. The Morgan fingerprint density at radius 3 is 2.96 bits per heavy atom. The van der Waals surface area contributed by atoms with Gasteiger partial charge in [-0.25, -0.2) is 0 Å². The number of fused-ring (bicyclic) bond motifs is 1. The van der Waals surface area contributed by atoms with Crippen LogP contribution in [-0.2, 0) is 19.5 Å². The van der Waals surface area contributed by atoms with E-state index in [1.807, 2.05) is 4.90 Å². The number of carbonyl (C=O) groups excluding carboxylic acids is 1. The molecule has 9 nitrogen and oxygen atoms in total. The van der Waals surface area contributed by atoms with Crippen LogP contribution in [0.25, 0.3) is 5.82 Å². The number of amides is 1. The molecule has 1 aromatic carbocycles. The fourth-order valence-corrected chi connectivity index (χ4v) is 3.29. The molecule has 9 heteroatoms. The summed E-state index contributed by atoms with van der Waals surface area (Å²) in [6.07, 6.45) is 3.80. The van der Waals surface area contributed by atoms with Crippen LogP contribution in [0.5, 0.6) is 0 Å². The molecule has 0 atom stereocenters. The number of hydrogen-bond donors (Lipinski definition) is 1. The summed E-state index contributed by atoms with van der Waals surface area (Å²) >= 11 is 0. The maximum Gasteiger partial charge on any atom is 0.259 e. The van der Waals surface area contributed by atoms with E-state index >= 15 is 0 Å². The zero-order valence-corrected chi connectivity index (χ0v) is 14.8. The number of tetrazole rings is 1. The predicted octanol–water partition coefficient (Wildman–Crippen LogP) is 0.645. The summed E-state index contributed by atoms with van der Waals surface area (Å²) in [6, 6.07) is 6.52. The third-order valence-corrected chi connectivity index (χ3v) is 4.50. The summed E-state index contributed by atoms with van der Waals surface area (Å²) in [5.74, 6) is 0.402. The molecule has 134 valence electrons. The first-order chi connectivity index (χ1) is 12.6. The minimum absolute atomic E-state index is 0.0766. The first-order valence-corrected chi connectivity index (χ1v) is 8.43. The van der Waals surface area contributed by atoms with Gasteiger partial charge in [-0.2, -0.15) is 9.78 Å². The Morgan fingerprint density at radius 2 is 2.19 bits per heavy atom. The van der Waals surface area contributed by atoms with Crippen LogP contribution in [0.2, 0.25) is 0 Å². The SMILES string of the molecule is CN(C)Cc1ccc2c(c1)CCN(C(=O)c1cn[nH]c1-n1cnnn1)C2. The van der Waals surface area contributed by atoms with Gasteiger partial charge in [-0.1, -0.05) is 18.2 Å². The highest BCUT2D eigenvalue weighted by atomic mass is 16.2. The van der Waals surface area contributed by atoms with E-state index in [0.717, 1.165) is 13.0 Å². The van der Waals surface area contributed by atoms with E-state index in [-0.39, 0.29) is 5.91 Å². The van der Waals surface area contributed by atoms with Crippen LogP contribution in [0.3, 0.4) is 0 Å². The van der Waals surface area contributed by atoms with Gasteiger partial charge in [0.05, 0.1) is 6.20 Å². The molecule has 0 fully saturated rings. The number of aromatic amines is 1. The van der Waals surface area contributed by atoms with E-state index < -0.39 is 0 Å². The molecule has 0 saturated carbocycles. The molecule has 2 aromatic heterocycles. The van der Waals surface area contributed by atoms with Crippen molar-refractivity contribution in [2.45, 2.75) is 19.5 Å². The molecule has 0 saturated heterocycles. The lowest BCUT2D eigenvalue weighted by atomic mass is 9.96. The Hall–Kier alpha value is -3.07. The zero-order valence-electron chi connectivity index (χ0n) is 14.8. The minimum atomic E-state index is -0.0766. The predicted molar refractivity (Wildman–Crippen MR) is 93.6 cm³/mol. The van der Waals surface area contributed by atoms with E-state index in [0.29, 0.717) is 24.5 Å². The largest absolute Gasteiger partial charge is 0.334 e. The highest BCUT2D eigenvalue weighted by Crippen LogP contribution is 2.23. The maximum absolute atomic E-state index is 13.0. The standard InChI is InChI=1S/C17H20N8O/c1-23(2)9-12-3-4-14-10-24(6-5-13(14)7-12)17(26)15-8-18-20-16(15)25-11-19-21-22-25/h3-4,7-8,11H,5-6,9-10H2,1-2H3,(H,18,20). The van der Waals surface area contributed by atoms with Crippen molar-refractivity contribution in [2.75, 3.05) is 20.6 Å². The van der Waals surface area contributed by atoms with Crippen LogP contribution in [0.4, 0.5) is 0 Å². The lowest BCUT2D eigenvalue weighted by Crippen LogP contribution is -2.36. The number of nitrogens with one attached hydrogen (secondary N) is 1. The molecule has 4 rings (SSSR count). The number of rotatable bonds is 4. The molecular formula is C17H20N8O. The zero-order chi connectivity index (χ0) is 18.1. The second-order valence-electron chi connectivity index (χ2n) is 6.70. The molecule has 1 amide bonds. The van der Waals surface area contributed by atoms with Crippen LogP contribution in [-0.4, -0.2) is 66.8 Å². The first kappa shape index (κ1) is 16.4. The van der Waals surface area contributed by atoms with Crippen molar-refractivity contribution in [3.63, 3.8) is 0 Å². The van der Waals surface area contributed by atoms with Gasteiger partial charge in [0.2, 0.25) is 0 Å². The summed E-state index contributed by atoms with van der Waals surface area (Å²) in [5.41, 5.74) is 4.27. The van der Waals surface area contributed by atoms with Gasteiger partial charge < -0.3 is 9.80 Å². The lowest BCUT2D eigenvalue weighted by Gasteiger charge is -2.29. The average Bonchev–Trinajstić information content (AvgIpc) is 3.31. The Kier molecular flexibility index (Phi) is 4.21. The van der Waals surface area contributed by atoms with Crippen LogP contribution >= 0.6 is 0 Å². The molecule has 26 heavy (non-hydrogen) atoms. The number of nitrogens with zero attached hydrogens (tertiary/aromatic N) is 7. The quantitative estimate of drug-likeness (QED) is 0.740. The molecule has 0 spiro atoms. The fraction of sp³-hybridized carbons (Fsp3) is 0.353. The topological polar surface area (TPSA) is 95.8 Å². The van der Waals surface area contributed by atoms with E-state index in [9.17, 15) is 4.79 Å². The molecule has 0 radical (unpaired) electrons. The Balaban J connectivity index is 1.54. The van der Waals surface area contributed by atoms with Gasteiger partial charge in [0.15, 0.2) is 5.82 Å². The highest BCUT2D eigenvalue weighted by Gasteiger charge is 2.25. The van der Waals surface area contributed by atoms with Crippen molar-refractivity contribution in [3.8, 4) is 5.82 Å². The van der Waals surface area contributed by atoms with Crippen LogP contribution in [0.1, 0.15) is 27.0 Å². The smallest absolute Gasteiger partial charge is 0.259 e. The Labute approximate surface area is 150 Å². The summed E-state index contributed by atoms with van der Waals surface area (Å²) in [6.45, 7) is 2.19. The van der Waals surface area contributed by atoms with Crippen molar-refractivity contribution < 1.29 is 4.79 Å². The van der Waals surface area contributed by atoms with Crippen molar-refractivity contribution >= 4 is 5.91 Å². The second kappa shape index (κ2) is 6.68. The minimum Gasteiger partial charge on any atom is -0.334 e. The van der Waals surface area contributed by atoms with Gasteiger partial charge in [-0.05, 0) is 47.6 Å². The molecule has 0 aliphatic carbocycles. The van der Waals surface area contributed by atoms with E-state index in [1.54, 1.807) is 0 Å². The van der Waals surface area contributed by atoms with Crippen molar-refractivity contribution in [1.29, 1.82) is 0 Å². The monoisotopic (exact) mass is 352 g/mol. The van der Waals surface area contributed by atoms with Gasteiger partial charge in [0.25, 0.3) is 5.91 Å². The molecule has 1 aliphatic rings. The molecule has 0 bridgehead atoms. The lowest BCUT2D eigenvalue weighted by molar-refractivity contribution is 0.0734. The van der Waals surface area contributed by atoms with Crippen LogP contribution in [0.15, 0.2) is 30.7 Å². The summed E-state index contributed by atoms with van der Waals surface area (Å²) < 4.78 is 1.41. The van der Waals surface area contributed by atoms with Gasteiger partial charge >= 0.3 is 0 Å². The highest BCUT2D eigenvalue weighted by molar-refractivity contribution is 5.97. The number of carbonyl (C=O) groups is 1. The third kappa shape index (κ3) is 3.08. The summed E-state index contributed by atoms with van der Waals surface area (Å²) in [4.78, 5) is 17.0. The van der Waals surface area contributed by atoms with Gasteiger partial charge in [0, 0.05) is 19.6 Å². The van der Waals surface area contributed by atoms with E-state index in [4.69, 9.17) is 0 Å². The molecule has 3 aromatic rings. The summed E-state index contributed by atoms with van der Waals surface area (Å²) in [5, 5.41) is 17.8. The maximum atomic E-state index is 13.0. The van der Waals surface area contributed by atoms with E-state index in [2.05, 4.69) is 62.9 Å². The fourth-order valence-electron chi connectivity index (χ4n) is 3.29. The summed E-state index contributed by atoms with van der Waals surface area (Å²) in [7, 11) is 4.12. The molecule has 1 aliphatic heterocycles. The van der Waals surface area contributed by atoms with E-state index in [1.165, 1.54) is 33.9 Å². The van der Waals surface area contributed by atoms with Crippen molar-refractivity contribution in [2.24, 2.45) is 0 Å². The first-order valence-electron chi connectivity index (χ1n) is 8.43. The van der Waals surface area contributed by atoms with Crippen molar-refractivity contribution in [3.05, 3.63) is 53.0 Å². The molecule has 1 N–H and O–H groups in total. The number of benzene rings is 1. The molecular weight excluding hydrogens is 332 g/mol. The van der Waals surface area contributed by atoms with Gasteiger partial charge in [0.1, 0.15) is 11.9 Å². The second-order valence-corrected chi connectivity index (χ2v) is 6.70. The average molecular weight is 352 g/mol. The number of aromatic nitrogens is 6. The van der Waals surface area contributed by atoms with Crippen LogP contribution in [0, 0.1) is 0 Å². The van der Waals surface area contributed by atoms with Crippen LogP contribution < -0.4 is 0 Å². The Morgan fingerprint density at radius 1 is 1.31 bits per heavy atom. The normalized spacial score (nSPS) is 13.9. The number of hydrogen-bond acceptors (Lipinski definition) is 6.